The summed E-state index contributed by atoms with van der Waals surface area (Å²) < 4.78 is 6.88. The van der Waals surface area contributed by atoms with Gasteiger partial charge in [-0.1, -0.05) is 30.3 Å². The lowest BCUT2D eigenvalue weighted by Crippen LogP contribution is -2.26. The number of nitro groups is 1. The molecular weight excluding hydrogens is 324 g/mol. The molecule has 0 bridgehead atoms. The largest absolute Gasteiger partial charge is 0.433 e. The summed E-state index contributed by atoms with van der Waals surface area (Å²) in [5, 5.41) is 13.2. The number of nitrogens with one attached hydrogen (secondary N) is 1. The van der Waals surface area contributed by atoms with E-state index in [-0.39, 0.29) is 5.76 Å². The van der Waals surface area contributed by atoms with Gasteiger partial charge in [-0.15, -0.1) is 0 Å². The van der Waals surface area contributed by atoms with E-state index in [9.17, 15) is 14.9 Å². The number of carbonyl (C=O) groups excluding carboxylic acids is 1. The van der Waals surface area contributed by atoms with Crippen LogP contribution in [0.4, 0.5) is 5.88 Å². The maximum atomic E-state index is 11.9. The number of furan rings is 1. The highest BCUT2D eigenvalue weighted by Gasteiger charge is 2.17. The van der Waals surface area contributed by atoms with Gasteiger partial charge in [0.05, 0.1) is 6.07 Å². The normalized spacial score (nSPS) is 10.6. The SMILES string of the molecule is O=C(NCCc1nccn1Cc1ccccc1)c1ccc([N+](=O)[O-])o1. The summed E-state index contributed by atoms with van der Waals surface area (Å²) in [5.41, 5.74) is 1.16. The first kappa shape index (κ1) is 16.4. The van der Waals surface area contributed by atoms with Gasteiger partial charge in [-0.05, 0) is 11.6 Å². The molecule has 2 heterocycles. The van der Waals surface area contributed by atoms with Crippen LogP contribution in [0, 0.1) is 10.1 Å². The molecule has 1 amide bonds. The summed E-state index contributed by atoms with van der Waals surface area (Å²) in [6, 6.07) is 12.4. The summed E-state index contributed by atoms with van der Waals surface area (Å²) in [6.45, 7) is 1.05. The number of imidazole rings is 1. The first-order chi connectivity index (χ1) is 12.1. The minimum absolute atomic E-state index is 0.0840. The fourth-order valence-corrected chi connectivity index (χ4v) is 2.42. The van der Waals surface area contributed by atoms with E-state index < -0.39 is 16.7 Å². The number of nitrogens with zero attached hydrogens (tertiary/aromatic N) is 3. The van der Waals surface area contributed by atoms with E-state index in [0.717, 1.165) is 17.5 Å². The molecule has 0 spiro atoms. The minimum atomic E-state index is -0.683. The third-order valence-electron chi connectivity index (χ3n) is 3.63. The van der Waals surface area contributed by atoms with Crippen molar-refractivity contribution >= 4 is 11.8 Å². The molecule has 0 unspecified atom stereocenters. The molecule has 1 N–H and O–H groups in total. The van der Waals surface area contributed by atoms with Crippen LogP contribution in [0.15, 0.2) is 59.3 Å². The number of aromatic nitrogens is 2. The van der Waals surface area contributed by atoms with Crippen LogP contribution in [0.3, 0.4) is 0 Å². The lowest BCUT2D eigenvalue weighted by molar-refractivity contribution is -0.402. The molecule has 3 rings (SSSR count). The molecule has 128 valence electrons. The fraction of sp³-hybridized carbons (Fsp3) is 0.176. The van der Waals surface area contributed by atoms with Crippen LogP contribution in [0.2, 0.25) is 0 Å². The van der Waals surface area contributed by atoms with Crippen molar-refractivity contribution in [3.8, 4) is 0 Å². The van der Waals surface area contributed by atoms with Gasteiger partial charge in [0.25, 0.3) is 5.91 Å². The Kier molecular flexibility index (Phi) is 4.89. The Labute approximate surface area is 143 Å². The Bertz CT molecular complexity index is 870. The van der Waals surface area contributed by atoms with Crippen molar-refractivity contribution in [3.05, 3.63) is 82.1 Å². The van der Waals surface area contributed by atoms with Crippen LogP contribution in [0.1, 0.15) is 21.9 Å². The van der Waals surface area contributed by atoms with Crippen LogP contribution in [-0.2, 0) is 13.0 Å². The maximum Gasteiger partial charge on any atom is 0.433 e. The second-order valence-electron chi connectivity index (χ2n) is 5.36. The van der Waals surface area contributed by atoms with Gasteiger partial charge in [-0.2, -0.15) is 0 Å². The average molecular weight is 340 g/mol. The number of benzene rings is 1. The summed E-state index contributed by atoms with van der Waals surface area (Å²) in [6.07, 6.45) is 4.14. The van der Waals surface area contributed by atoms with Gasteiger partial charge in [0, 0.05) is 31.9 Å². The van der Waals surface area contributed by atoms with Gasteiger partial charge in [-0.25, -0.2) is 4.98 Å². The monoisotopic (exact) mass is 340 g/mol. The molecule has 8 heteroatoms. The summed E-state index contributed by atoms with van der Waals surface area (Å²) in [5.74, 6) is -0.188. The second-order valence-corrected chi connectivity index (χ2v) is 5.36. The molecule has 0 atom stereocenters. The number of hydrogen-bond donors (Lipinski definition) is 1. The van der Waals surface area contributed by atoms with E-state index >= 15 is 0 Å². The maximum absolute atomic E-state index is 11.9. The standard InChI is InChI=1S/C17H16N4O4/c22-17(14-6-7-16(25-14)21(23)24)19-9-8-15-18-10-11-20(15)12-13-4-2-1-3-5-13/h1-7,10-11H,8-9,12H2,(H,19,22). The van der Waals surface area contributed by atoms with Gasteiger partial charge in [0.2, 0.25) is 0 Å². The van der Waals surface area contributed by atoms with Gasteiger partial charge in [-0.3, -0.25) is 14.9 Å². The minimum Gasteiger partial charge on any atom is -0.395 e. The molecule has 0 aliphatic rings. The molecule has 0 saturated heterocycles. The van der Waals surface area contributed by atoms with Gasteiger partial charge < -0.3 is 14.3 Å². The fourth-order valence-electron chi connectivity index (χ4n) is 2.42. The van der Waals surface area contributed by atoms with Crippen LogP contribution in [0.25, 0.3) is 0 Å². The third-order valence-corrected chi connectivity index (χ3v) is 3.63. The van der Waals surface area contributed by atoms with Gasteiger partial charge >= 0.3 is 5.88 Å². The number of hydrogen-bond acceptors (Lipinski definition) is 5. The Morgan fingerprint density at radius 2 is 2.04 bits per heavy atom. The van der Waals surface area contributed by atoms with E-state index in [0.29, 0.717) is 19.5 Å². The number of carbonyl (C=O) groups is 1. The Balaban J connectivity index is 1.54. The molecule has 0 saturated carbocycles. The number of rotatable bonds is 7. The topological polar surface area (TPSA) is 103 Å². The first-order valence-corrected chi connectivity index (χ1v) is 7.70. The smallest absolute Gasteiger partial charge is 0.395 e. The molecule has 0 fully saturated rings. The summed E-state index contributed by atoms with van der Waals surface area (Å²) in [4.78, 5) is 26.1. The average Bonchev–Trinajstić information content (AvgIpc) is 3.26. The molecule has 0 radical (unpaired) electrons. The Morgan fingerprint density at radius 3 is 2.76 bits per heavy atom. The second kappa shape index (κ2) is 7.43. The molecule has 2 aromatic heterocycles. The third kappa shape index (κ3) is 4.11. The van der Waals surface area contributed by atoms with Crippen molar-refractivity contribution < 1.29 is 14.1 Å². The van der Waals surface area contributed by atoms with Crippen molar-refractivity contribution in [1.29, 1.82) is 0 Å². The molecule has 0 aliphatic carbocycles. The van der Waals surface area contributed by atoms with Crippen molar-refractivity contribution in [3.63, 3.8) is 0 Å². The van der Waals surface area contributed by atoms with Crippen LogP contribution < -0.4 is 5.32 Å². The quantitative estimate of drug-likeness (QED) is 0.525. The van der Waals surface area contributed by atoms with E-state index in [1.807, 2.05) is 41.1 Å². The van der Waals surface area contributed by atoms with Crippen LogP contribution in [-0.4, -0.2) is 26.9 Å². The first-order valence-electron chi connectivity index (χ1n) is 7.70. The zero-order valence-corrected chi connectivity index (χ0v) is 13.3. The van der Waals surface area contributed by atoms with E-state index in [1.165, 1.54) is 6.07 Å². The van der Waals surface area contributed by atoms with Crippen molar-refractivity contribution in [2.24, 2.45) is 0 Å². The highest BCUT2D eigenvalue weighted by Crippen LogP contribution is 2.15. The van der Waals surface area contributed by atoms with Crippen LogP contribution >= 0.6 is 0 Å². The lowest BCUT2D eigenvalue weighted by atomic mass is 10.2. The Morgan fingerprint density at radius 1 is 1.24 bits per heavy atom. The molecule has 25 heavy (non-hydrogen) atoms. The molecule has 8 nitrogen and oxygen atoms in total. The predicted molar refractivity (Wildman–Crippen MR) is 89.2 cm³/mol. The van der Waals surface area contributed by atoms with Crippen molar-refractivity contribution in [1.82, 2.24) is 14.9 Å². The van der Waals surface area contributed by atoms with E-state index in [4.69, 9.17) is 4.42 Å². The molecule has 1 aromatic carbocycles. The zero-order valence-electron chi connectivity index (χ0n) is 13.3. The lowest BCUT2D eigenvalue weighted by Gasteiger charge is -2.08. The molecular formula is C17H16N4O4. The predicted octanol–water partition coefficient (Wildman–Crippen LogP) is 2.41. The summed E-state index contributed by atoms with van der Waals surface area (Å²) in [7, 11) is 0. The zero-order chi connectivity index (χ0) is 17.6. The number of amides is 1. The molecule has 3 aromatic rings. The van der Waals surface area contributed by atoms with Crippen molar-refractivity contribution in [2.45, 2.75) is 13.0 Å². The highest BCUT2D eigenvalue weighted by molar-refractivity contribution is 5.91. The summed E-state index contributed by atoms with van der Waals surface area (Å²) >= 11 is 0. The highest BCUT2D eigenvalue weighted by atomic mass is 16.6. The van der Waals surface area contributed by atoms with E-state index in [1.54, 1.807) is 6.20 Å². The van der Waals surface area contributed by atoms with E-state index in [2.05, 4.69) is 10.3 Å². The molecule has 0 aliphatic heterocycles. The van der Waals surface area contributed by atoms with Crippen LogP contribution in [0.5, 0.6) is 0 Å². The van der Waals surface area contributed by atoms with Gasteiger partial charge in [0.15, 0.2) is 5.76 Å². The van der Waals surface area contributed by atoms with Crippen molar-refractivity contribution in [2.75, 3.05) is 6.54 Å². The van der Waals surface area contributed by atoms with Gasteiger partial charge in [0.1, 0.15) is 10.7 Å². The Hall–Kier alpha value is -3.42.